The first-order valence-corrected chi connectivity index (χ1v) is 9.58. The largest absolute Gasteiger partial charge is 0.495 e. The van der Waals surface area contributed by atoms with Crippen LogP contribution in [0.3, 0.4) is 0 Å². The first-order chi connectivity index (χ1) is 14.6. The van der Waals surface area contributed by atoms with Crippen molar-refractivity contribution >= 4 is 41.0 Å². The first-order valence-electron chi connectivity index (χ1n) is 8.70. The van der Waals surface area contributed by atoms with E-state index in [1.807, 2.05) is 0 Å². The van der Waals surface area contributed by atoms with E-state index < -0.39 is 17.8 Å². The number of para-hydroxylation sites is 2. The van der Waals surface area contributed by atoms with Gasteiger partial charge in [-0.25, -0.2) is 10.2 Å². The van der Waals surface area contributed by atoms with Gasteiger partial charge in [0.1, 0.15) is 16.4 Å². The van der Waals surface area contributed by atoms with Gasteiger partial charge in [-0.2, -0.15) is 5.10 Å². The molecular formula is C21H17N3O5S. The molecule has 0 aliphatic rings. The molecule has 0 saturated carbocycles. The fourth-order valence-corrected chi connectivity index (χ4v) is 2.95. The number of ether oxygens (including phenoxy) is 2. The number of nitrogens with one attached hydrogen (secondary N) is 2. The molecule has 0 aliphatic heterocycles. The van der Waals surface area contributed by atoms with E-state index in [0.717, 1.165) is 0 Å². The van der Waals surface area contributed by atoms with Crippen LogP contribution in [0, 0.1) is 0 Å². The van der Waals surface area contributed by atoms with Crippen molar-refractivity contribution in [1.29, 1.82) is 0 Å². The molecule has 30 heavy (non-hydrogen) atoms. The standard InChI is InChI=1S/C21H17N3O5S/c1-28-17-9-3-2-8-16(17)23-19(25)20(26)24-22-13-14-6-4-7-15(12-14)29-21(27)18-10-5-11-30-18/h2-13H,1H3,(H,23,25)(H,24,26). The maximum absolute atomic E-state index is 12.0. The zero-order valence-corrected chi connectivity index (χ0v) is 16.6. The first kappa shape index (κ1) is 20.7. The molecule has 2 aromatic carbocycles. The zero-order valence-electron chi connectivity index (χ0n) is 15.8. The molecule has 0 aliphatic carbocycles. The van der Waals surface area contributed by atoms with Gasteiger partial charge >= 0.3 is 17.8 Å². The number of hydrogen-bond donors (Lipinski definition) is 2. The molecule has 152 valence electrons. The second-order valence-electron chi connectivity index (χ2n) is 5.79. The number of anilines is 1. The number of hydrogen-bond acceptors (Lipinski definition) is 7. The molecule has 3 aromatic rings. The van der Waals surface area contributed by atoms with Crippen LogP contribution in [0.25, 0.3) is 0 Å². The topological polar surface area (TPSA) is 106 Å². The van der Waals surface area contributed by atoms with E-state index in [-0.39, 0.29) is 0 Å². The monoisotopic (exact) mass is 423 g/mol. The third-order valence-electron chi connectivity index (χ3n) is 3.73. The number of hydrazone groups is 1. The second kappa shape index (κ2) is 9.99. The molecule has 0 atom stereocenters. The molecule has 0 unspecified atom stereocenters. The lowest BCUT2D eigenvalue weighted by molar-refractivity contribution is -0.136. The number of rotatable bonds is 6. The normalized spacial score (nSPS) is 10.4. The molecule has 2 amide bonds. The molecule has 0 spiro atoms. The van der Waals surface area contributed by atoms with Gasteiger partial charge in [0.05, 0.1) is 19.0 Å². The highest BCUT2D eigenvalue weighted by Crippen LogP contribution is 2.22. The minimum Gasteiger partial charge on any atom is -0.495 e. The molecule has 8 nitrogen and oxygen atoms in total. The summed E-state index contributed by atoms with van der Waals surface area (Å²) < 4.78 is 10.4. The van der Waals surface area contributed by atoms with Crippen molar-refractivity contribution < 1.29 is 23.9 Å². The summed E-state index contributed by atoms with van der Waals surface area (Å²) in [5.74, 6) is -1.54. The van der Waals surface area contributed by atoms with Crippen molar-refractivity contribution in [1.82, 2.24) is 5.43 Å². The van der Waals surface area contributed by atoms with Crippen molar-refractivity contribution in [2.75, 3.05) is 12.4 Å². The molecular weight excluding hydrogens is 406 g/mol. The van der Waals surface area contributed by atoms with Crippen molar-refractivity contribution in [3.8, 4) is 11.5 Å². The predicted molar refractivity (Wildman–Crippen MR) is 113 cm³/mol. The van der Waals surface area contributed by atoms with Gasteiger partial charge in [-0.1, -0.05) is 30.3 Å². The summed E-state index contributed by atoms with van der Waals surface area (Å²) in [5, 5.41) is 7.99. The van der Waals surface area contributed by atoms with Crippen LogP contribution in [-0.4, -0.2) is 31.1 Å². The Morgan fingerprint density at radius 2 is 1.83 bits per heavy atom. The second-order valence-corrected chi connectivity index (χ2v) is 6.74. The molecule has 1 heterocycles. The van der Waals surface area contributed by atoms with E-state index >= 15 is 0 Å². The van der Waals surface area contributed by atoms with Gasteiger partial charge < -0.3 is 14.8 Å². The van der Waals surface area contributed by atoms with Crippen molar-refractivity contribution in [3.05, 3.63) is 76.5 Å². The van der Waals surface area contributed by atoms with Crippen molar-refractivity contribution in [2.24, 2.45) is 5.10 Å². The van der Waals surface area contributed by atoms with Crippen LogP contribution < -0.4 is 20.2 Å². The molecule has 0 bridgehead atoms. The van der Waals surface area contributed by atoms with Crippen LogP contribution in [0.1, 0.15) is 15.2 Å². The van der Waals surface area contributed by atoms with Crippen LogP contribution >= 0.6 is 11.3 Å². The lowest BCUT2D eigenvalue weighted by atomic mass is 10.2. The van der Waals surface area contributed by atoms with E-state index in [4.69, 9.17) is 9.47 Å². The smallest absolute Gasteiger partial charge is 0.353 e. The van der Waals surface area contributed by atoms with Gasteiger partial charge in [0, 0.05) is 0 Å². The van der Waals surface area contributed by atoms with Crippen LogP contribution in [0.5, 0.6) is 11.5 Å². The van der Waals surface area contributed by atoms with E-state index in [0.29, 0.717) is 27.6 Å². The quantitative estimate of drug-likeness (QED) is 0.208. The highest BCUT2D eigenvalue weighted by atomic mass is 32.1. The van der Waals surface area contributed by atoms with Crippen LogP contribution in [-0.2, 0) is 9.59 Å². The Kier molecular flexibility index (Phi) is 6.91. The Morgan fingerprint density at radius 3 is 2.60 bits per heavy atom. The number of esters is 1. The molecule has 0 saturated heterocycles. The van der Waals surface area contributed by atoms with Gasteiger partial charge in [0.15, 0.2) is 0 Å². The number of amides is 2. The Labute approximate surface area is 176 Å². The Balaban J connectivity index is 1.56. The Morgan fingerprint density at radius 1 is 1.00 bits per heavy atom. The predicted octanol–water partition coefficient (Wildman–Crippen LogP) is 3.06. The number of benzene rings is 2. The molecule has 3 rings (SSSR count). The molecule has 0 fully saturated rings. The van der Waals surface area contributed by atoms with Gasteiger partial charge in [-0.05, 0) is 41.3 Å². The summed E-state index contributed by atoms with van der Waals surface area (Å²) in [7, 11) is 1.46. The Bertz CT molecular complexity index is 1080. The third kappa shape index (κ3) is 5.52. The molecule has 9 heteroatoms. The minimum absolute atomic E-state index is 0.331. The lowest BCUT2D eigenvalue weighted by Gasteiger charge is -2.08. The van der Waals surface area contributed by atoms with Gasteiger partial charge in [0.25, 0.3) is 0 Å². The van der Waals surface area contributed by atoms with Crippen molar-refractivity contribution in [3.63, 3.8) is 0 Å². The summed E-state index contributed by atoms with van der Waals surface area (Å²) in [6, 6.07) is 16.7. The van der Waals surface area contributed by atoms with E-state index in [2.05, 4.69) is 15.8 Å². The number of methoxy groups -OCH3 is 1. The van der Waals surface area contributed by atoms with E-state index in [1.165, 1.54) is 24.7 Å². The maximum Gasteiger partial charge on any atom is 0.353 e. The molecule has 2 N–H and O–H groups in total. The Hall–Kier alpha value is -3.98. The highest BCUT2D eigenvalue weighted by molar-refractivity contribution is 7.12. The number of carbonyl (C=O) groups excluding carboxylic acids is 3. The third-order valence-corrected chi connectivity index (χ3v) is 4.58. The summed E-state index contributed by atoms with van der Waals surface area (Å²) in [5.41, 5.74) is 3.07. The fourth-order valence-electron chi connectivity index (χ4n) is 2.35. The van der Waals surface area contributed by atoms with Gasteiger partial charge in [-0.15, -0.1) is 11.3 Å². The number of thiophene rings is 1. The summed E-state index contributed by atoms with van der Waals surface area (Å²) in [6.07, 6.45) is 1.33. The fraction of sp³-hybridized carbons (Fsp3) is 0.0476. The number of nitrogens with zero attached hydrogens (tertiary/aromatic N) is 1. The van der Waals surface area contributed by atoms with Crippen LogP contribution in [0.15, 0.2) is 71.1 Å². The van der Waals surface area contributed by atoms with Gasteiger partial charge in [0.2, 0.25) is 0 Å². The average molecular weight is 423 g/mol. The highest BCUT2D eigenvalue weighted by Gasteiger charge is 2.15. The van der Waals surface area contributed by atoms with Crippen molar-refractivity contribution in [2.45, 2.75) is 0 Å². The summed E-state index contributed by atoms with van der Waals surface area (Å²) in [4.78, 5) is 36.4. The molecule has 0 radical (unpaired) electrons. The zero-order chi connectivity index (χ0) is 21.3. The summed E-state index contributed by atoms with van der Waals surface area (Å²) in [6.45, 7) is 0. The maximum atomic E-state index is 12.0. The number of carbonyl (C=O) groups is 3. The summed E-state index contributed by atoms with van der Waals surface area (Å²) >= 11 is 1.28. The van der Waals surface area contributed by atoms with E-state index in [9.17, 15) is 14.4 Å². The van der Waals surface area contributed by atoms with Gasteiger partial charge in [-0.3, -0.25) is 9.59 Å². The minimum atomic E-state index is -0.947. The van der Waals surface area contributed by atoms with E-state index in [1.54, 1.807) is 66.0 Å². The molecule has 1 aromatic heterocycles. The van der Waals surface area contributed by atoms with Crippen LogP contribution in [0.2, 0.25) is 0 Å². The SMILES string of the molecule is COc1ccccc1NC(=O)C(=O)NN=Cc1cccc(OC(=O)c2cccs2)c1. The van der Waals surface area contributed by atoms with Crippen LogP contribution in [0.4, 0.5) is 5.69 Å². The average Bonchev–Trinajstić information content (AvgIpc) is 3.29. The lowest BCUT2D eigenvalue weighted by Crippen LogP contribution is -2.32.